The quantitative estimate of drug-likeness (QED) is 0.788. The Hall–Kier alpha value is -2.48. The summed E-state index contributed by atoms with van der Waals surface area (Å²) in [5.41, 5.74) is 1.21. The SMILES string of the molecule is CCC[C@H](C)C(=O)Nc1ccc(S(=O)(=O)Nc2nccc(C)n2)cc1. The first kappa shape index (κ1) is 18.9. The Bertz CT molecular complexity index is 835. The van der Waals surface area contributed by atoms with Crippen LogP contribution in [0.15, 0.2) is 41.4 Å². The van der Waals surface area contributed by atoms with E-state index in [2.05, 4.69) is 20.0 Å². The van der Waals surface area contributed by atoms with Crippen molar-refractivity contribution in [2.45, 2.75) is 38.5 Å². The molecule has 2 rings (SSSR count). The second kappa shape index (κ2) is 8.06. The van der Waals surface area contributed by atoms with Crippen LogP contribution < -0.4 is 10.0 Å². The Labute approximate surface area is 148 Å². The molecule has 25 heavy (non-hydrogen) atoms. The number of hydrogen-bond donors (Lipinski definition) is 2. The average Bonchev–Trinajstić information content (AvgIpc) is 2.55. The summed E-state index contributed by atoms with van der Waals surface area (Å²) >= 11 is 0. The third-order valence-electron chi connectivity index (χ3n) is 3.62. The fraction of sp³-hybridized carbons (Fsp3) is 0.353. The molecule has 1 aromatic heterocycles. The smallest absolute Gasteiger partial charge is 0.264 e. The van der Waals surface area contributed by atoms with Crippen LogP contribution in [-0.2, 0) is 14.8 Å². The number of nitrogens with zero attached hydrogens (tertiary/aromatic N) is 2. The summed E-state index contributed by atoms with van der Waals surface area (Å²) < 4.78 is 27.1. The average molecular weight is 362 g/mol. The van der Waals surface area contributed by atoms with Crippen LogP contribution in [0.3, 0.4) is 0 Å². The van der Waals surface area contributed by atoms with Crippen LogP contribution in [0, 0.1) is 12.8 Å². The predicted molar refractivity (Wildman–Crippen MR) is 96.7 cm³/mol. The highest BCUT2D eigenvalue weighted by Crippen LogP contribution is 2.17. The first-order chi connectivity index (χ1) is 11.8. The molecule has 0 aliphatic carbocycles. The summed E-state index contributed by atoms with van der Waals surface area (Å²) in [4.78, 5) is 20.0. The highest BCUT2D eigenvalue weighted by atomic mass is 32.2. The van der Waals surface area contributed by atoms with Crippen molar-refractivity contribution in [1.82, 2.24) is 9.97 Å². The largest absolute Gasteiger partial charge is 0.326 e. The van der Waals surface area contributed by atoms with Crippen molar-refractivity contribution in [3.8, 4) is 0 Å². The summed E-state index contributed by atoms with van der Waals surface area (Å²) in [6, 6.07) is 7.65. The molecular formula is C17H22N4O3S. The molecule has 0 spiro atoms. The minimum Gasteiger partial charge on any atom is -0.326 e. The Morgan fingerprint density at radius 3 is 2.48 bits per heavy atom. The zero-order valence-electron chi connectivity index (χ0n) is 14.5. The number of benzene rings is 1. The molecule has 0 aliphatic rings. The van der Waals surface area contributed by atoms with Crippen molar-refractivity contribution < 1.29 is 13.2 Å². The number of carbonyl (C=O) groups is 1. The summed E-state index contributed by atoms with van der Waals surface area (Å²) in [6.45, 7) is 5.63. The lowest BCUT2D eigenvalue weighted by molar-refractivity contribution is -0.119. The number of sulfonamides is 1. The summed E-state index contributed by atoms with van der Waals surface area (Å²) in [6.07, 6.45) is 3.22. The van der Waals surface area contributed by atoms with Crippen LogP contribution in [-0.4, -0.2) is 24.3 Å². The molecule has 0 saturated carbocycles. The van der Waals surface area contributed by atoms with Crippen molar-refractivity contribution in [1.29, 1.82) is 0 Å². The number of aryl methyl sites for hydroxylation is 1. The standard InChI is InChI=1S/C17H22N4O3S/c1-4-5-12(2)16(22)20-14-6-8-15(9-7-14)25(23,24)21-17-18-11-10-13(3)19-17/h6-12H,4-5H2,1-3H3,(H,20,22)(H,18,19,21)/t12-/m0/s1. The highest BCUT2D eigenvalue weighted by molar-refractivity contribution is 7.92. The van der Waals surface area contributed by atoms with E-state index in [1.54, 1.807) is 25.1 Å². The zero-order valence-corrected chi connectivity index (χ0v) is 15.3. The van der Waals surface area contributed by atoms with Crippen LogP contribution in [0.2, 0.25) is 0 Å². The van der Waals surface area contributed by atoms with Gasteiger partial charge in [0, 0.05) is 23.5 Å². The Kier molecular flexibility index (Phi) is 6.08. The lowest BCUT2D eigenvalue weighted by Crippen LogP contribution is -2.20. The molecule has 1 aromatic carbocycles. The van der Waals surface area contributed by atoms with Gasteiger partial charge in [0.1, 0.15) is 0 Å². The van der Waals surface area contributed by atoms with Crippen LogP contribution in [0.4, 0.5) is 11.6 Å². The summed E-state index contributed by atoms with van der Waals surface area (Å²) in [5.74, 6) is -0.150. The lowest BCUT2D eigenvalue weighted by Gasteiger charge is -2.12. The van der Waals surface area contributed by atoms with Gasteiger partial charge in [-0.3, -0.25) is 4.79 Å². The molecule has 7 nitrogen and oxygen atoms in total. The van der Waals surface area contributed by atoms with E-state index in [-0.39, 0.29) is 22.7 Å². The van der Waals surface area contributed by atoms with Crippen LogP contribution in [0.25, 0.3) is 0 Å². The molecule has 2 aromatic rings. The molecular weight excluding hydrogens is 340 g/mol. The summed E-state index contributed by atoms with van der Waals surface area (Å²) in [7, 11) is -3.79. The Morgan fingerprint density at radius 2 is 1.88 bits per heavy atom. The van der Waals surface area contributed by atoms with Crippen LogP contribution in [0.5, 0.6) is 0 Å². The Morgan fingerprint density at radius 1 is 1.20 bits per heavy atom. The predicted octanol–water partition coefficient (Wildman–Crippen LogP) is 2.96. The van der Waals surface area contributed by atoms with Crippen LogP contribution in [0.1, 0.15) is 32.4 Å². The molecule has 0 saturated heterocycles. The van der Waals surface area contributed by atoms with Crippen molar-refractivity contribution in [2.24, 2.45) is 5.92 Å². The molecule has 0 aliphatic heterocycles. The van der Waals surface area contributed by atoms with E-state index in [4.69, 9.17) is 0 Å². The number of nitrogens with one attached hydrogen (secondary N) is 2. The van der Waals surface area contributed by atoms with Gasteiger partial charge in [-0.15, -0.1) is 0 Å². The van der Waals surface area contributed by atoms with E-state index in [0.717, 1.165) is 12.8 Å². The van der Waals surface area contributed by atoms with Gasteiger partial charge in [0.15, 0.2) is 0 Å². The van der Waals surface area contributed by atoms with Gasteiger partial charge in [0.05, 0.1) is 4.90 Å². The number of anilines is 2. The van der Waals surface area contributed by atoms with Gasteiger partial charge in [0.2, 0.25) is 11.9 Å². The maximum absolute atomic E-state index is 12.4. The zero-order chi connectivity index (χ0) is 18.4. The molecule has 1 amide bonds. The number of amides is 1. The second-order valence-electron chi connectivity index (χ2n) is 5.83. The van der Waals surface area contributed by atoms with E-state index < -0.39 is 10.0 Å². The van der Waals surface area contributed by atoms with Crippen molar-refractivity contribution in [3.63, 3.8) is 0 Å². The molecule has 8 heteroatoms. The maximum atomic E-state index is 12.4. The maximum Gasteiger partial charge on any atom is 0.264 e. The molecule has 1 heterocycles. The number of aromatic nitrogens is 2. The van der Waals surface area contributed by atoms with E-state index in [0.29, 0.717) is 11.4 Å². The lowest BCUT2D eigenvalue weighted by atomic mass is 10.1. The van der Waals surface area contributed by atoms with E-state index in [1.807, 2.05) is 13.8 Å². The van der Waals surface area contributed by atoms with Gasteiger partial charge in [-0.05, 0) is 43.7 Å². The van der Waals surface area contributed by atoms with E-state index in [1.165, 1.54) is 18.3 Å². The van der Waals surface area contributed by atoms with Crippen molar-refractivity contribution in [2.75, 3.05) is 10.0 Å². The van der Waals surface area contributed by atoms with Gasteiger partial charge < -0.3 is 5.32 Å². The molecule has 0 unspecified atom stereocenters. The molecule has 0 radical (unpaired) electrons. The van der Waals surface area contributed by atoms with Crippen molar-refractivity contribution >= 4 is 27.6 Å². The number of rotatable bonds is 7. The fourth-order valence-electron chi connectivity index (χ4n) is 2.22. The second-order valence-corrected chi connectivity index (χ2v) is 7.51. The summed E-state index contributed by atoms with van der Waals surface area (Å²) in [5, 5.41) is 2.78. The third kappa shape index (κ3) is 5.25. The fourth-order valence-corrected chi connectivity index (χ4v) is 3.18. The minimum atomic E-state index is -3.79. The number of hydrogen-bond acceptors (Lipinski definition) is 5. The van der Waals surface area contributed by atoms with Gasteiger partial charge >= 0.3 is 0 Å². The van der Waals surface area contributed by atoms with Gasteiger partial charge in [-0.25, -0.2) is 23.1 Å². The van der Waals surface area contributed by atoms with Crippen molar-refractivity contribution in [3.05, 3.63) is 42.2 Å². The Balaban J connectivity index is 2.09. The third-order valence-corrected chi connectivity index (χ3v) is 4.97. The molecule has 0 fully saturated rings. The van der Waals surface area contributed by atoms with E-state index in [9.17, 15) is 13.2 Å². The molecule has 2 N–H and O–H groups in total. The van der Waals surface area contributed by atoms with Gasteiger partial charge in [-0.2, -0.15) is 0 Å². The minimum absolute atomic E-state index is 0.0192. The molecule has 0 bridgehead atoms. The monoisotopic (exact) mass is 362 g/mol. The van der Waals surface area contributed by atoms with Gasteiger partial charge in [-0.1, -0.05) is 20.3 Å². The highest BCUT2D eigenvalue weighted by Gasteiger charge is 2.16. The van der Waals surface area contributed by atoms with E-state index >= 15 is 0 Å². The first-order valence-corrected chi connectivity index (χ1v) is 9.53. The first-order valence-electron chi connectivity index (χ1n) is 8.05. The number of carbonyl (C=O) groups excluding carboxylic acids is 1. The van der Waals surface area contributed by atoms with Gasteiger partial charge in [0.25, 0.3) is 10.0 Å². The topological polar surface area (TPSA) is 101 Å². The molecule has 1 atom stereocenters. The normalized spacial score (nSPS) is 12.4. The molecule has 134 valence electrons. The van der Waals surface area contributed by atoms with Crippen LogP contribution >= 0.6 is 0 Å².